The van der Waals surface area contributed by atoms with Crippen LogP contribution in [0.2, 0.25) is 10.0 Å². The highest BCUT2D eigenvalue weighted by Crippen LogP contribution is 2.33. The fourth-order valence-electron chi connectivity index (χ4n) is 1.94. The van der Waals surface area contributed by atoms with Crippen molar-refractivity contribution in [3.8, 4) is 0 Å². The molecule has 0 atom stereocenters. The van der Waals surface area contributed by atoms with E-state index in [-0.39, 0.29) is 5.96 Å². The van der Waals surface area contributed by atoms with Gasteiger partial charge in [0.1, 0.15) is 0 Å². The van der Waals surface area contributed by atoms with Gasteiger partial charge in [-0.3, -0.25) is 0 Å². The van der Waals surface area contributed by atoms with Gasteiger partial charge < -0.3 is 5.73 Å². The number of guanidine groups is 1. The van der Waals surface area contributed by atoms with Gasteiger partial charge in [0, 0.05) is 16.8 Å². The van der Waals surface area contributed by atoms with Crippen LogP contribution in [0.15, 0.2) is 41.0 Å². The van der Waals surface area contributed by atoms with E-state index in [1.807, 2.05) is 0 Å². The molecule has 0 unspecified atom stereocenters. The number of amides is 1. The molecule has 1 radical (unpaired) electrons. The minimum atomic E-state index is -0.436. The molecule has 7 heteroatoms. The number of rotatable bonds is 1. The molecule has 2 aliphatic rings. The number of aliphatic imine (C=N–C) groups is 2. The number of benzene rings is 1. The number of hydrogen-bond acceptors (Lipinski definition) is 4. The van der Waals surface area contributed by atoms with Crippen molar-refractivity contribution in [2.75, 3.05) is 0 Å². The summed E-state index contributed by atoms with van der Waals surface area (Å²) in [6.07, 6.45) is 3.17. The van der Waals surface area contributed by atoms with Crippen LogP contribution in [-0.2, 0) is 4.79 Å². The fourth-order valence-corrected chi connectivity index (χ4v) is 2.54. The van der Waals surface area contributed by atoms with E-state index < -0.39 is 5.91 Å². The number of halogens is 2. The molecule has 20 heavy (non-hydrogen) atoms. The maximum atomic E-state index is 12.1. The summed E-state index contributed by atoms with van der Waals surface area (Å²) in [5.41, 5.74) is 6.96. The minimum Gasteiger partial charge on any atom is -0.350 e. The Hall–Kier alpha value is -2.11. The normalized spacial score (nSPS) is 17.4. The molecular formula is C13H8Cl2N4O+. The van der Waals surface area contributed by atoms with Crippen LogP contribution < -0.4 is 16.0 Å². The molecule has 1 aromatic carbocycles. The highest BCUT2D eigenvalue weighted by atomic mass is 35.5. The van der Waals surface area contributed by atoms with E-state index in [1.54, 1.807) is 24.3 Å². The summed E-state index contributed by atoms with van der Waals surface area (Å²) in [6.45, 7) is 0. The van der Waals surface area contributed by atoms with Gasteiger partial charge in [0.05, 0.1) is 21.2 Å². The summed E-state index contributed by atoms with van der Waals surface area (Å²) in [5, 5.41) is 3.51. The van der Waals surface area contributed by atoms with Crippen LogP contribution in [-0.4, -0.2) is 17.7 Å². The van der Waals surface area contributed by atoms with Crippen molar-refractivity contribution in [3.63, 3.8) is 0 Å². The third kappa shape index (κ3) is 2.11. The molecule has 0 saturated carbocycles. The quantitative estimate of drug-likeness (QED) is 0.824. The third-order valence-corrected chi connectivity index (χ3v) is 3.47. The molecule has 5 nitrogen and oxygen atoms in total. The molecule has 0 aromatic heterocycles. The number of carbonyl (C=O) groups is 1. The predicted molar refractivity (Wildman–Crippen MR) is 79.4 cm³/mol. The Morgan fingerprint density at radius 2 is 1.95 bits per heavy atom. The molecule has 2 heterocycles. The summed E-state index contributed by atoms with van der Waals surface area (Å²) in [7, 11) is 0. The lowest BCUT2D eigenvalue weighted by molar-refractivity contribution is -0.114. The number of dihydropyridines is 1. The molecule has 0 spiro atoms. The van der Waals surface area contributed by atoms with Crippen LogP contribution in [0.5, 0.6) is 0 Å². The smallest absolute Gasteiger partial charge is 0.350 e. The number of fused-ring (bicyclic) bond motifs is 1. The first-order valence-electron chi connectivity index (χ1n) is 5.66. The first-order chi connectivity index (χ1) is 9.56. The first-order valence-corrected chi connectivity index (χ1v) is 6.42. The van der Waals surface area contributed by atoms with E-state index in [0.29, 0.717) is 32.6 Å². The van der Waals surface area contributed by atoms with Gasteiger partial charge in [-0.15, -0.1) is 0 Å². The van der Waals surface area contributed by atoms with Gasteiger partial charge in [-0.25, -0.2) is 15.1 Å². The zero-order chi connectivity index (χ0) is 14.3. The Labute approximate surface area is 124 Å². The van der Waals surface area contributed by atoms with Crippen molar-refractivity contribution in [2.24, 2.45) is 10.7 Å². The van der Waals surface area contributed by atoms with Crippen LogP contribution in [0.3, 0.4) is 0 Å². The van der Waals surface area contributed by atoms with Crippen molar-refractivity contribution >= 4 is 46.5 Å². The number of amidine groups is 1. The number of nitrogens with zero attached hydrogens (tertiary/aromatic N) is 2. The van der Waals surface area contributed by atoms with Crippen molar-refractivity contribution in [1.29, 1.82) is 0 Å². The van der Waals surface area contributed by atoms with Gasteiger partial charge in [0.15, 0.2) is 0 Å². The van der Waals surface area contributed by atoms with Crippen molar-refractivity contribution in [1.82, 2.24) is 10.3 Å². The molecule has 0 bridgehead atoms. The van der Waals surface area contributed by atoms with Crippen molar-refractivity contribution in [2.45, 2.75) is 0 Å². The van der Waals surface area contributed by atoms with Crippen molar-refractivity contribution in [3.05, 3.63) is 51.7 Å². The third-order valence-electron chi connectivity index (χ3n) is 2.84. The van der Waals surface area contributed by atoms with Crippen LogP contribution in [0.1, 0.15) is 5.56 Å². The highest BCUT2D eigenvalue weighted by Gasteiger charge is 2.32. The zero-order valence-corrected chi connectivity index (χ0v) is 11.5. The standard InChI is InChI=1S/C13H8Cl2N4O/c14-8-2-1-3-9(15)10(8)7-4-6-5-17-13(16)19-11(6)18-12(7)20/h1-5H,(H3,16,17,19)/q+1. The number of hydrogen-bond donors (Lipinski definition) is 2. The lowest BCUT2D eigenvalue weighted by Gasteiger charge is -2.12. The maximum absolute atomic E-state index is 12.1. The average Bonchev–Trinajstić information content (AvgIpc) is 2.39. The molecule has 1 amide bonds. The van der Waals surface area contributed by atoms with Gasteiger partial charge in [-0.2, -0.15) is 0 Å². The minimum absolute atomic E-state index is 0.188. The van der Waals surface area contributed by atoms with Crippen LogP contribution >= 0.6 is 23.2 Å². The summed E-state index contributed by atoms with van der Waals surface area (Å²) < 4.78 is 0. The largest absolute Gasteiger partial charge is 0.383 e. The van der Waals surface area contributed by atoms with Crippen LogP contribution in [0.25, 0.3) is 5.57 Å². The first kappa shape index (κ1) is 12.9. The lowest BCUT2D eigenvalue weighted by Crippen LogP contribution is -2.44. The molecule has 0 saturated heterocycles. The number of nitrogens with two attached hydrogens (primary N) is 1. The zero-order valence-electron chi connectivity index (χ0n) is 10.0. The topological polar surface area (TPSA) is 81.6 Å². The van der Waals surface area contributed by atoms with Gasteiger partial charge in [-0.05, 0) is 18.2 Å². The SMILES string of the molecule is NC1=NC=C2C=C(c3c(Cl)cccc3Cl)C(=O)[N+]=C2N1. The molecule has 1 aromatic rings. The second-order valence-electron chi connectivity index (χ2n) is 4.14. The molecular weight excluding hydrogens is 299 g/mol. The van der Waals surface area contributed by atoms with Gasteiger partial charge in [0.2, 0.25) is 0 Å². The number of nitrogens with one attached hydrogen (secondary N) is 1. The van der Waals surface area contributed by atoms with E-state index in [4.69, 9.17) is 28.9 Å². The maximum Gasteiger partial charge on any atom is 0.383 e. The second kappa shape index (κ2) is 4.77. The molecule has 3 rings (SSSR count). The lowest BCUT2D eigenvalue weighted by atomic mass is 9.99. The summed E-state index contributed by atoms with van der Waals surface area (Å²) >= 11 is 12.2. The van der Waals surface area contributed by atoms with Gasteiger partial charge in [0.25, 0.3) is 5.96 Å². The Morgan fingerprint density at radius 3 is 2.65 bits per heavy atom. The highest BCUT2D eigenvalue weighted by molar-refractivity contribution is 6.41. The fraction of sp³-hybridized carbons (Fsp3) is 0. The monoisotopic (exact) mass is 306 g/mol. The predicted octanol–water partition coefficient (Wildman–Crippen LogP) is 1.45. The molecule has 2 aliphatic heterocycles. The molecule has 99 valence electrons. The molecule has 3 N–H and O–H groups in total. The van der Waals surface area contributed by atoms with E-state index in [2.05, 4.69) is 15.3 Å². The van der Waals surface area contributed by atoms with Crippen molar-refractivity contribution < 1.29 is 4.79 Å². The van der Waals surface area contributed by atoms with Gasteiger partial charge >= 0.3 is 11.7 Å². The average molecular weight is 307 g/mol. The summed E-state index contributed by atoms with van der Waals surface area (Å²) in [4.78, 5) is 20.0. The van der Waals surface area contributed by atoms with E-state index in [0.717, 1.165) is 0 Å². The molecule has 0 fully saturated rings. The summed E-state index contributed by atoms with van der Waals surface area (Å²) in [6, 6.07) is 5.04. The Morgan fingerprint density at radius 1 is 1.25 bits per heavy atom. The Balaban J connectivity index is 2.14. The van der Waals surface area contributed by atoms with Crippen LogP contribution in [0, 0.1) is 0 Å². The molecule has 0 aliphatic carbocycles. The Kier molecular flexibility index (Phi) is 3.08. The van der Waals surface area contributed by atoms with Gasteiger partial charge in [-0.1, -0.05) is 29.3 Å². The second-order valence-corrected chi connectivity index (χ2v) is 4.96. The van der Waals surface area contributed by atoms with E-state index in [1.165, 1.54) is 6.20 Å². The number of carbonyl (C=O) groups excluding carboxylic acids is 1. The Bertz CT molecular complexity index is 726. The summed E-state index contributed by atoms with van der Waals surface area (Å²) in [5.74, 6) is 0.122. The van der Waals surface area contributed by atoms with Crippen LogP contribution in [0.4, 0.5) is 0 Å². The van der Waals surface area contributed by atoms with E-state index >= 15 is 0 Å². The van der Waals surface area contributed by atoms with E-state index in [9.17, 15) is 4.79 Å².